The van der Waals surface area contributed by atoms with Gasteiger partial charge in [0.05, 0.1) is 5.02 Å². The summed E-state index contributed by atoms with van der Waals surface area (Å²) in [5.74, 6) is -0.110. The molecule has 0 unspecified atom stereocenters. The van der Waals surface area contributed by atoms with E-state index in [4.69, 9.17) is 16.3 Å². The lowest BCUT2D eigenvalue weighted by molar-refractivity contribution is 0.0238. The Hall–Kier alpha value is -1.17. The first-order valence-corrected chi connectivity index (χ1v) is 8.34. The maximum absolute atomic E-state index is 12.2. The first kappa shape index (κ1) is 15.7. The summed E-state index contributed by atoms with van der Waals surface area (Å²) < 4.78 is 5.42. The van der Waals surface area contributed by atoms with Crippen LogP contribution in [-0.2, 0) is 4.74 Å². The fourth-order valence-electron chi connectivity index (χ4n) is 3.23. The maximum Gasteiger partial charge on any atom is 0.270 e. The van der Waals surface area contributed by atoms with Gasteiger partial charge in [0, 0.05) is 44.6 Å². The minimum absolute atomic E-state index is 0.110. The molecule has 0 saturated carbocycles. The highest BCUT2D eigenvalue weighted by molar-refractivity contribution is 6.30. The summed E-state index contributed by atoms with van der Waals surface area (Å²) in [7, 11) is 0. The highest BCUT2D eigenvalue weighted by atomic mass is 35.5. The number of hydrogen-bond donors (Lipinski definition) is 1. The molecule has 120 valence electrons. The van der Waals surface area contributed by atoms with Crippen molar-refractivity contribution in [3.05, 3.63) is 29.0 Å². The van der Waals surface area contributed by atoms with Crippen LogP contribution in [0.3, 0.4) is 0 Å². The second kappa shape index (κ2) is 7.40. The van der Waals surface area contributed by atoms with Gasteiger partial charge in [-0.3, -0.25) is 4.79 Å². The Balaban J connectivity index is 1.47. The minimum Gasteiger partial charge on any atom is -0.381 e. The molecule has 2 saturated heterocycles. The molecule has 22 heavy (non-hydrogen) atoms. The van der Waals surface area contributed by atoms with E-state index in [0.29, 0.717) is 16.8 Å². The molecule has 1 aromatic rings. The predicted octanol–water partition coefficient (Wildman–Crippen LogP) is 2.11. The first-order chi connectivity index (χ1) is 10.7. The number of rotatable bonds is 3. The molecule has 6 heteroatoms. The fraction of sp³-hybridized carbons (Fsp3) is 0.625. The van der Waals surface area contributed by atoms with Gasteiger partial charge < -0.3 is 15.0 Å². The number of carbonyl (C=O) groups excluding carboxylic acids is 1. The van der Waals surface area contributed by atoms with Gasteiger partial charge in [0.15, 0.2) is 0 Å². The zero-order valence-electron chi connectivity index (χ0n) is 12.6. The lowest BCUT2D eigenvalue weighted by atomic mass is 9.99. The zero-order valence-corrected chi connectivity index (χ0v) is 13.4. The molecule has 1 aromatic heterocycles. The topological polar surface area (TPSA) is 54.5 Å². The summed E-state index contributed by atoms with van der Waals surface area (Å²) in [6, 6.07) is 4.25. The van der Waals surface area contributed by atoms with Crippen LogP contribution < -0.4 is 5.32 Å². The van der Waals surface area contributed by atoms with Crippen LogP contribution in [-0.4, -0.2) is 54.2 Å². The molecule has 0 bridgehead atoms. The summed E-state index contributed by atoms with van der Waals surface area (Å²) in [6.07, 6.45) is 5.76. The molecule has 0 aromatic carbocycles. The van der Waals surface area contributed by atoms with Gasteiger partial charge in [-0.1, -0.05) is 11.6 Å². The highest BCUT2D eigenvalue weighted by Gasteiger charge is 2.27. The Morgan fingerprint density at radius 3 is 2.59 bits per heavy atom. The molecule has 0 radical (unpaired) electrons. The SMILES string of the molecule is O=C(NC1CCN(C2CCOCC2)CC1)c1ccc(Cl)cn1. The number of aromatic nitrogens is 1. The van der Waals surface area contributed by atoms with Gasteiger partial charge in [-0.05, 0) is 37.8 Å². The standard InChI is InChI=1S/C16H22ClN3O2/c17-12-1-2-15(18-11-12)16(21)19-13-3-7-20(8-4-13)14-5-9-22-10-6-14/h1-2,11,13-14H,3-10H2,(H,19,21). The molecular formula is C16H22ClN3O2. The quantitative estimate of drug-likeness (QED) is 0.925. The molecular weight excluding hydrogens is 302 g/mol. The van der Waals surface area contributed by atoms with Crippen molar-refractivity contribution in [1.29, 1.82) is 0 Å². The Morgan fingerprint density at radius 1 is 1.23 bits per heavy atom. The average Bonchev–Trinajstić information content (AvgIpc) is 2.57. The normalized spacial score (nSPS) is 21.7. The molecule has 3 rings (SSSR count). The maximum atomic E-state index is 12.2. The van der Waals surface area contributed by atoms with Crippen LogP contribution in [0.25, 0.3) is 0 Å². The molecule has 0 aliphatic carbocycles. The third-order valence-electron chi connectivity index (χ3n) is 4.53. The van der Waals surface area contributed by atoms with Gasteiger partial charge in [0.1, 0.15) is 5.69 Å². The van der Waals surface area contributed by atoms with Crippen molar-refractivity contribution in [3.8, 4) is 0 Å². The van der Waals surface area contributed by atoms with E-state index in [0.717, 1.165) is 52.0 Å². The van der Waals surface area contributed by atoms with Crippen LogP contribution in [0, 0.1) is 0 Å². The summed E-state index contributed by atoms with van der Waals surface area (Å²) >= 11 is 5.79. The summed E-state index contributed by atoms with van der Waals surface area (Å²) in [5, 5.41) is 3.63. The predicted molar refractivity (Wildman–Crippen MR) is 85.1 cm³/mol. The van der Waals surface area contributed by atoms with Gasteiger partial charge in [0.2, 0.25) is 0 Å². The van der Waals surface area contributed by atoms with Crippen LogP contribution in [0.5, 0.6) is 0 Å². The number of piperidine rings is 1. The number of carbonyl (C=O) groups is 1. The molecule has 0 spiro atoms. The molecule has 3 heterocycles. The van der Waals surface area contributed by atoms with Crippen LogP contribution in [0.2, 0.25) is 5.02 Å². The summed E-state index contributed by atoms with van der Waals surface area (Å²) in [4.78, 5) is 18.8. The summed E-state index contributed by atoms with van der Waals surface area (Å²) in [5.41, 5.74) is 0.427. The number of hydrogen-bond acceptors (Lipinski definition) is 4. The van der Waals surface area contributed by atoms with E-state index in [1.807, 2.05) is 0 Å². The Labute approximate surface area is 136 Å². The van der Waals surface area contributed by atoms with Crippen molar-refractivity contribution in [2.24, 2.45) is 0 Å². The smallest absolute Gasteiger partial charge is 0.270 e. The molecule has 1 N–H and O–H groups in total. The summed E-state index contributed by atoms with van der Waals surface area (Å²) in [6.45, 7) is 3.85. The Kier molecular flexibility index (Phi) is 5.28. The third-order valence-corrected chi connectivity index (χ3v) is 4.76. The number of nitrogens with zero attached hydrogens (tertiary/aromatic N) is 2. The first-order valence-electron chi connectivity index (χ1n) is 7.96. The third kappa shape index (κ3) is 3.97. The second-order valence-corrected chi connectivity index (χ2v) is 6.43. The molecule has 2 aliphatic rings. The Morgan fingerprint density at radius 2 is 1.95 bits per heavy atom. The van der Waals surface area contributed by atoms with E-state index < -0.39 is 0 Å². The van der Waals surface area contributed by atoms with Gasteiger partial charge >= 0.3 is 0 Å². The molecule has 0 atom stereocenters. The van der Waals surface area contributed by atoms with E-state index in [-0.39, 0.29) is 11.9 Å². The molecule has 2 aliphatic heterocycles. The van der Waals surface area contributed by atoms with Gasteiger partial charge in [-0.25, -0.2) is 4.98 Å². The lowest BCUT2D eigenvalue weighted by Gasteiger charge is -2.39. The molecule has 5 nitrogen and oxygen atoms in total. The van der Waals surface area contributed by atoms with Crippen LogP contribution in [0.4, 0.5) is 0 Å². The number of amides is 1. The van der Waals surface area contributed by atoms with Crippen LogP contribution in [0.1, 0.15) is 36.2 Å². The number of ether oxygens (including phenoxy) is 1. The van der Waals surface area contributed by atoms with E-state index >= 15 is 0 Å². The van der Waals surface area contributed by atoms with E-state index in [2.05, 4.69) is 15.2 Å². The fourth-order valence-corrected chi connectivity index (χ4v) is 3.34. The van der Waals surface area contributed by atoms with Gasteiger partial charge in [-0.15, -0.1) is 0 Å². The van der Waals surface area contributed by atoms with E-state index in [9.17, 15) is 4.79 Å². The Bertz CT molecular complexity index is 495. The van der Waals surface area contributed by atoms with Crippen LogP contribution in [0.15, 0.2) is 18.3 Å². The molecule has 1 amide bonds. The van der Waals surface area contributed by atoms with Crippen molar-refractivity contribution < 1.29 is 9.53 Å². The zero-order chi connectivity index (χ0) is 15.4. The van der Waals surface area contributed by atoms with Gasteiger partial charge in [-0.2, -0.15) is 0 Å². The number of likely N-dealkylation sites (tertiary alicyclic amines) is 1. The van der Waals surface area contributed by atoms with Crippen molar-refractivity contribution in [3.63, 3.8) is 0 Å². The van der Waals surface area contributed by atoms with Gasteiger partial charge in [0.25, 0.3) is 5.91 Å². The van der Waals surface area contributed by atoms with Crippen molar-refractivity contribution in [2.75, 3.05) is 26.3 Å². The second-order valence-electron chi connectivity index (χ2n) is 5.99. The lowest BCUT2D eigenvalue weighted by Crippen LogP contribution is -2.49. The van der Waals surface area contributed by atoms with Crippen molar-refractivity contribution in [1.82, 2.24) is 15.2 Å². The minimum atomic E-state index is -0.110. The average molecular weight is 324 g/mol. The van der Waals surface area contributed by atoms with Crippen molar-refractivity contribution in [2.45, 2.75) is 37.8 Å². The monoisotopic (exact) mass is 323 g/mol. The van der Waals surface area contributed by atoms with E-state index in [1.165, 1.54) is 6.20 Å². The number of nitrogens with one attached hydrogen (secondary N) is 1. The molecule has 2 fully saturated rings. The van der Waals surface area contributed by atoms with Crippen LogP contribution >= 0.6 is 11.6 Å². The van der Waals surface area contributed by atoms with E-state index in [1.54, 1.807) is 12.1 Å². The highest BCUT2D eigenvalue weighted by Crippen LogP contribution is 2.20. The number of pyridine rings is 1. The largest absolute Gasteiger partial charge is 0.381 e. The van der Waals surface area contributed by atoms with Crippen molar-refractivity contribution >= 4 is 17.5 Å². The number of halogens is 1.